The zero-order valence-electron chi connectivity index (χ0n) is 5.43. The van der Waals surface area contributed by atoms with Crippen molar-refractivity contribution in [2.24, 2.45) is 0 Å². The molecule has 1 atom stereocenters. The minimum atomic E-state index is 0.217. The fraction of sp³-hybridized carbons (Fsp3) is 0.833. The van der Waals surface area contributed by atoms with Crippen LogP contribution in [0.15, 0.2) is 0 Å². The molecular weight excluding hydrogens is 229 g/mol. The fourth-order valence-electron chi connectivity index (χ4n) is 1.00. The molecular formula is C6H10INO. The van der Waals surface area contributed by atoms with Crippen LogP contribution in [-0.2, 0) is 4.79 Å². The van der Waals surface area contributed by atoms with Crippen molar-refractivity contribution in [3.05, 3.63) is 0 Å². The molecule has 52 valence electrons. The molecule has 1 heterocycles. The number of rotatable bonds is 0. The van der Waals surface area contributed by atoms with Gasteiger partial charge >= 0.3 is 0 Å². The van der Waals surface area contributed by atoms with E-state index in [0.717, 1.165) is 13.1 Å². The SMILES string of the molecule is CC(=O)N1CCC(I)C1. The van der Waals surface area contributed by atoms with E-state index in [9.17, 15) is 4.79 Å². The summed E-state index contributed by atoms with van der Waals surface area (Å²) in [6.45, 7) is 3.55. The van der Waals surface area contributed by atoms with E-state index in [1.165, 1.54) is 6.42 Å². The predicted octanol–water partition coefficient (Wildman–Crippen LogP) is 1.04. The predicted molar refractivity (Wildman–Crippen MR) is 44.7 cm³/mol. The van der Waals surface area contributed by atoms with Crippen LogP contribution in [0.1, 0.15) is 13.3 Å². The highest BCUT2D eigenvalue weighted by Crippen LogP contribution is 2.16. The summed E-state index contributed by atoms with van der Waals surface area (Å²) in [4.78, 5) is 12.6. The van der Waals surface area contributed by atoms with E-state index in [4.69, 9.17) is 0 Å². The lowest BCUT2D eigenvalue weighted by atomic mass is 10.4. The maximum absolute atomic E-state index is 10.7. The molecule has 0 radical (unpaired) electrons. The van der Waals surface area contributed by atoms with Crippen LogP contribution in [0.25, 0.3) is 0 Å². The quantitative estimate of drug-likeness (QED) is 0.457. The molecule has 1 amide bonds. The number of hydrogen-bond donors (Lipinski definition) is 0. The lowest BCUT2D eigenvalue weighted by Gasteiger charge is -2.10. The van der Waals surface area contributed by atoms with Crippen LogP contribution in [-0.4, -0.2) is 27.8 Å². The minimum Gasteiger partial charge on any atom is -0.342 e. The summed E-state index contributed by atoms with van der Waals surface area (Å²) >= 11 is 2.39. The van der Waals surface area contributed by atoms with Crippen LogP contribution < -0.4 is 0 Å². The van der Waals surface area contributed by atoms with Gasteiger partial charge in [-0.2, -0.15) is 0 Å². The van der Waals surface area contributed by atoms with Crippen molar-refractivity contribution >= 4 is 28.5 Å². The Morgan fingerprint density at radius 2 is 2.44 bits per heavy atom. The Kier molecular flexibility index (Phi) is 2.32. The summed E-state index contributed by atoms with van der Waals surface area (Å²) in [5.74, 6) is 0.217. The van der Waals surface area contributed by atoms with Gasteiger partial charge in [0, 0.05) is 23.9 Å². The number of halogens is 1. The van der Waals surface area contributed by atoms with Crippen molar-refractivity contribution in [2.75, 3.05) is 13.1 Å². The second kappa shape index (κ2) is 2.86. The number of likely N-dealkylation sites (tertiary alicyclic amines) is 1. The lowest BCUT2D eigenvalue weighted by molar-refractivity contribution is -0.127. The average Bonchev–Trinajstić information content (AvgIpc) is 2.14. The summed E-state index contributed by atoms with van der Waals surface area (Å²) < 4.78 is 0.687. The fourth-order valence-corrected chi connectivity index (χ4v) is 1.76. The van der Waals surface area contributed by atoms with Gasteiger partial charge in [-0.15, -0.1) is 0 Å². The Morgan fingerprint density at radius 1 is 1.78 bits per heavy atom. The maximum Gasteiger partial charge on any atom is 0.219 e. The molecule has 1 aliphatic rings. The Balaban J connectivity index is 2.39. The van der Waals surface area contributed by atoms with E-state index in [1.807, 2.05) is 4.90 Å². The van der Waals surface area contributed by atoms with Crippen LogP contribution >= 0.6 is 22.6 Å². The highest BCUT2D eigenvalue weighted by atomic mass is 127. The Hall–Kier alpha value is 0.200. The van der Waals surface area contributed by atoms with Gasteiger partial charge in [-0.05, 0) is 6.42 Å². The average molecular weight is 239 g/mol. The molecule has 0 bridgehead atoms. The van der Waals surface area contributed by atoms with Crippen molar-refractivity contribution < 1.29 is 4.79 Å². The number of hydrogen-bond acceptors (Lipinski definition) is 1. The highest BCUT2D eigenvalue weighted by molar-refractivity contribution is 14.1. The molecule has 0 N–H and O–H groups in total. The first-order valence-corrected chi connectivity index (χ1v) is 4.34. The smallest absolute Gasteiger partial charge is 0.219 e. The number of amides is 1. The number of alkyl halides is 1. The second-order valence-corrected chi connectivity index (χ2v) is 4.11. The van der Waals surface area contributed by atoms with Gasteiger partial charge in [0.25, 0.3) is 0 Å². The molecule has 0 saturated carbocycles. The van der Waals surface area contributed by atoms with Crippen molar-refractivity contribution in [3.63, 3.8) is 0 Å². The number of carbonyl (C=O) groups is 1. The van der Waals surface area contributed by atoms with Crippen LogP contribution in [0.3, 0.4) is 0 Å². The lowest BCUT2D eigenvalue weighted by Crippen LogP contribution is -2.25. The van der Waals surface area contributed by atoms with E-state index in [1.54, 1.807) is 6.92 Å². The molecule has 1 aliphatic heterocycles. The summed E-state index contributed by atoms with van der Waals surface area (Å²) in [6, 6.07) is 0. The largest absolute Gasteiger partial charge is 0.342 e. The third-order valence-corrected chi connectivity index (χ3v) is 2.59. The van der Waals surface area contributed by atoms with Crippen LogP contribution in [0, 0.1) is 0 Å². The van der Waals surface area contributed by atoms with Crippen molar-refractivity contribution in [3.8, 4) is 0 Å². The highest BCUT2D eigenvalue weighted by Gasteiger charge is 2.20. The first-order chi connectivity index (χ1) is 4.20. The molecule has 2 nitrogen and oxygen atoms in total. The summed E-state index contributed by atoms with van der Waals surface area (Å²) in [5, 5.41) is 0. The zero-order valence-corrected chi connectivity index (χ0v) is 7.59. The third kappa shape index (κ3) is 1.81. The van der Waals surface area contributed by atoms with Crippen LogP contribution in [0.5, 0.6) is 0 Å². The normalized spacial score (nSPS) is 26.9. The minimum absolute atomic E-state index is 0.217. The van der Waals surface area contributed by atoms with Gasteiger partial charge < -0.3 is 4.90 Å². The molecule has 0 spiro atoms. The summed E-state index contributed by atoms with van der Waals surface area (Å²) in [5.41, 5.74) is 0. The van der Waals surface area contributed by atoms with Gasteiger partial charge in [-0.3, -0.25) is 4.79 Å². The molecule has 1 rings (SSSR count). The summed E-state index contributed by atoms with van der Waals surface area (Å²) in [6.07, 6.45) is 1.17. The molecule has 0 aromatic rings. The van der Waals surface area contributed by atoms with E-state index in [-0.39, 0.29) is 5.91 Å². The van der Waals surface area contributed by atoms with E-state index < -0.39 is 0 Å². The van der Waals surface area contributed by atoms with Crippen LogP contribution in [0.2, 0.25) is 0 Å². The number of carbonyl (C=O) groups excluding carboxylic acids is 1. The molecule has 0 aliphatic carbocycles. The van der Waals surface area contributed by atoms with Crippen molar-refractivity contribution in [2.45, 2.75) is 17.3 Å². The molecule has 0 aromatic heterocycles. The van der Waals surface area contributed by atoms with Gasteiger partial charge in [0.1, 0.15) is 0 Å². The first kappa shape index (κ1) is 7.31. The van der Waals surface area contributed by atoms with E-state index in [2.05, 4.69) is 22.6 Å². The summed E-state index contributed by atoms with van der Waals surface area (Å²) in [7, 11) is 0. The molecule has 3 heteroatoms. The van der Waals surface area contributed by atoms with Crippen molar-refractivity contribution in [1.29, 1.82) is 0 Å². The Bertz CT molecular complexity index is 126. The Morgan fingerprint density at radius 3 is 2.67 bits per heavy atom. The van der Waals surface area contributed by atoms with Gasteiger partial charge in [-0.25, -0.2) is 0 Å². The molecule has 1 unspecified atom stereocenters. The van der Waals surface area contributed by atoms with Crippen molar-refractivity contribution in [1.82, 2.24) is 4.90 Å². The van der Waals surface area contributed by atoms with Crippen LogP contribution in [0.4, 0.5) is 0 Å². The maximum atomic E-state index is 10.7. The monoisotopic (exact) mass is 239 g/mol. The molecule has 0 aromatic carbocycles. The van der Waals surface area contributed by atoms with E-state index in [0.29, 0.717) is 3.92 Å². The second-order valence-electron chi connectivity index (χ2n) is 2.35. The first-order valence-electron chi connectivity index (χ1n) is 3.09. The van der Waals surface area contributed by atoms with Gasteiger partial charge in [0.15, 0.2) is 0 Å². The Labute approximate surface area is 68.7 Å². The topological polar surface area (TPSA) is 20.3 Å². The molecule has 1 saturated heterocycles. The van der Waals surface area contributed by atoms with Gasteiger partial charge in [0.2, 0.25) is 5.91 Å². The molecule has 9 heavy (non-hydrogen) atoms. The van der Waals surface area contributed by atoms with Gasteiger partial charge in [0.05, 0.1) is 0 Å². The van der Waals surface area contributed by atoms with E-state index >= 15 is 0 Å². The van der Waals surface area contributed by atoms with Gasteiger partial charge in [-0.1, -0.05) is 22.6 Å². The standard InChI is InChI=1S/C6H10INO/c1-5(9)8-3-2-6(7)4-8/h6H,2-4H2,1H3. The molecule has 1 fully saturated rings. The number of nitrogens with zero attached hydrogens (tertiary/aromatic N) is 1. The zero-order chi connectivity index (χ0) is 6.85. The third-order valence-electron chi connectivity index (χ3n) is 1.58.